The van der Waals surface area contributed by atoms with Gasteiger partial charge in [-0.15, -0.1) is 21.5 Å². The van der Waals surface area contributed by atoms with Gasteiger partial charge in [-0.25, -0.2) is 4.98 Å². The molecule has 4 nitrogen and oxygen atoms in total. The Morgan fingerprint density at radius 1 is 1.24 bits per heavy atom. The van der Waals surface area contributed by atoms with Gasteiger partial charge >= 0.3 is 0 Å². The van der Waals surface area contributed by atoms with Gasteiger partial charge < -0.3 is 4.57 Å². The minimum Gasteiger partial charge on any atom is -0.312 e. The van der Waals surface area contributed by atoms with Gasteiger partial charge in [0.05, 0.1) is 10.7 Å². The summed E-state index contributed by atoms with van der Waals surface area (Å²) >= 11 is 3.38. The van der Waals surface area contributed by atoms with Crippen molar-refractivity contribution in [3.05, 3.63) is 57.8 Å². The topological polar surface area (TPSA) is 43.6 Å². The van der Waals surface area contributed by atoms with Crippen molar-refractivity contribution in [3.63, 3.8) is 0 Å². The molecule has 0 spiro atoms. The molecule has 0 saturated carbocycles. The lowest BCUT2D eigenvalue weighted by Gasteiger charge is -1.99. The lowest BCUT2D eigenvalue weighted by Crippen LogP contribution is -1.91. The van der Waals surface area contributed by atoms with Crippen LogP contribution in [-0.2, 0) is 19.2 Å². The number of aromatic nitrogens is 4. The molecule has 0 fully saturated rings. The molecule has 6 heteroatoms. The van der Waals surface area contributed by atoms with Gasteiger partial charge in [-0.3, -0.25) is 0 Å². The zero-order chi connectivity index (χ0) is 14.7. The molecule has 0 bridgehead atoms. The molecule has 0 radical (unpaired) electrons. The van der Waals surface area contributed by atoms with Crippen molar-refractivity contribution in [2.45, 2.75) is 24.3 Å². The van der Waals surface area contributed by atoms with Crippen LogP contribution >= 0.6 is 23.1 Å². The Labute approximate surface area is 132 Å². The standard InChI is InChI=1S/C15H16N4S2/c1-11-3-5-12(6-4-11)7-14-17-13(8-20-14)9-21-15-18-16-10-19(15)2/h3-6,8,10H,7,9H2,1-2H3. The third kappa shape index (κ3) is 3.71. The molecule has 0 aliphatic heterocycles. The predicted molar refractivity (Wildman–Crippen MR) is 86.7 cm³/mol. The second kappa shape index (κ2) is 6.41. The summed E-state index contributed by atoms with van der Waals surface area (Å²) in [7, 11) is 1.95. The Hall–Kier alpha value is -1.66. The van der Waals surface area contributed by atoms with E-state index in [4.69, 9.17) is 4.98 Å². The lowest BCUT2D eigenvalue weighted by atomic mass is 10.1. The summed E-state index contributed by atoms with van der Waals surface area (Å²) in [5.41, 5.74) is 3.70. The molecule has 0 atom stereocenters. The van der Waals surface area contributed by atoms with E-state index >= 15 is 0 Å². The Morgan fingerprint density at radius 2 is 2.05 bits per heavy atom. The molecule has 3 aromatic rings. The number of hydrogen-bond donors (Lipinski definition) is 0. The number of hydrogen-bond acceptors (Lipinski definition) is 5. The molecule has 0 amide bonds. The monoisotopic (exact) mass is 316 g/mol. The Bertz CT molecular complexity index is 715. The van der Waals surface area contributed by atoms with Crippen molar-refractivity contribution in [2.75, 3.05) is 0 Å². The number of aryl methyl sites for hydroxylation is 2. The molecule has 2 aromatic heterocycles. The minimum atomic E-state index is 0.830. The summed E-state index contributed by atoms with van der Waals surface area (Å²) in [5.74, 6) is 0.830. The molecule has 2 heterocycles. The first-order chi connectivity index (χ1) is 10.2. The van der Waals surface area contributed by atoms with E-state index in [1.807, 2.05) is 11.6 Å². The first-order valence-corrected chi connectivity index (χ1v) is 8.53. The van der Waals surface area contributed by atoms with Crippen LogP contribution in [0.1, 0.15) is 21.8 Å². The average molecular weight is 316 g/mol. The molecule has 0 unspecified atom stereocenters. The lowest BCUT2D eigenvalue weighted by molar-refractivity contribution is 0.788. The SMILES string of the molecule is Cc1ccc(Cc2nc(CSc3nncn3C)cs2)cc1. The maximum Gasteiger partial charge on any atom is 0.191 e. The molecule has 0 aliphatic rings. The van der Waals surface area contributed by atoms with E-state index in [0.29, 0.717) is 0 Å². The maximum absolute atomic E-state index is 4.70. The normalized spacial score (nSPS) is 11.0. The fraction of sp³-hybridized carbons (Fsp3) is 0.267. The molecule has 21 heavy (non-hydrogen) atoms. The van der Waals surface area contributed by atoms with Crippen LogP contribution < -0.4 is 0 Å². The second-order valence-electron chi connectivity index (χ2n) is 4.91. The summed E-state index contributed by atoms with van der Waals surface area (Å²) in [4.78, 5) is 4.70. The Kier molecular flexibility index (Phi) is 4.36. The van der Waals surface area contributed by atoms with Crippen molar-refractivity contribution >= 4 is 23.1 Å². The zero-order valence-corrected chi connectivity index (χ0v) is 13.6. The van der Waals surface area contributed by atoms with Crippen molar-refractivity contribution in [1.82, 2.24) is 19.7 Å². The van der Waals surface area contributed by atoms with Crippen LogP contribution in [0.4, 0.5) is 0 Å². The van der Waals surface area contributed by atoms with Crippen LogP contribution in [0.25, 0.3) is 0 Å². The second-order valence-corrected chi connectivity index (χ2v) is 6.79. The van der Waals surface area contributed by atoms with Gasteiger partial charge in [0, 0.05) is 24.6 Å². The Balaban J connectivity index is 1.61. The molecule has 1 aromatic carbocycles. The number of rotatable bonds is 5. The van der Waals surface area contributed by atoms with E-state index in [1.165, 1.54) is 11.1 Å². The van der Waals surface area contributed by atoms with Gasteiger partial charge in [0.25, 0.3) is 0 Å². The van der Waals surface area contributed by atoms with Gasteiger partial charge in [0.1, 0.15) is 6.33 Å². The summed E-state index contributed by atoms with van der Waals surface area (Å²) in [6, 6.07) is 8.64. The van der Waals surface area contributed by atoms with E-state index in [9.17, 15) is 0 Å². The van der Waals surface area contributed by atoms with Crippen molar-refractivity contribution < 1.29 is 0 Å². The first kappa shape index (κ1) is 14.3. The summed E-state index contributed by atoms with van der Waals surface area (Å²) < 4.78 is 1.92. The smallest absolute Gasteiger partial charge is 0.191 e. The van der Waals surface area contributed by atoms with Crippen LogP contribution in [0.3, 0.4) is 0 Å². The molecule has 0 saturated heterocycles. The minimum absolute atomic E-state index is 0.830. The highest BCUT2D eigenvalue weighted by Gasteiger charge is 2.06. The number of nitrogens with zero attached hydrogens (tertiary/aromatic N) is 4. The molecular formula is C15H16N4S2. The van der Waals surface area contributed by atoms with Crippen LogP contribution in [-0.4, -0.2) is 19.7 Å². The molecule has 3 rings (SSSR count). The number of benzene rings is 1. The van der Waals surface area contributed by atoms with Crippen molar-refractivity contribution in [2.24, 2.45) is 7.05 Å². The maximum atomic E-state index is 4.70. The first-order valence-electron chi connectivity index (χ1n) is 6.66. The number of thiazole rings is 1. The van der Waals surface area contributed by atoms with E-state index in [1.54, 1.807) is 29.4 Å². The average Bonchev–Trinajstić information content (AvgIpc) is 3.08. The third-order valence-electron chi connectivity index (χ3n) is 3.09. The van der Waals surface area contributed by atoms with E-state index in [0.717, 1.165) is 28.0 Å². The van der Waals surface area contributed by atoms with Gasteiger partial charge in [0.2, 0.25) is 0 Å². The Morgan fingerprint density at radius 3 is 2.76 bits per heavy atom. The fourth-order valence-corrected chi connectivity index (χ4v) is 3.63. The van der Waals surface area contributed by atoms with Gasteiger partial charge in [-0.2, -0.15) is 0 Å². The molecule has 0 N–H and O–H groups in total. The van der Waals surface area contributed by atoms with Gasteiger partial charge in [-0.1, -0.05) is 41.6 Å². The van der Waals surface area contributed by atoms with E-state index < -0.39 is 0 Å². The highest BCUT2D eigenvalue weighted by atomic mass is 32.2. The molecular weight excluding hydrogens is 300 g/mol. The van der Waals surface area contributed by atoms with Crippen molar-refractivity contribution in [1.29, 1.82) is 0 Å². The summed E-state index contributed by atoms with van der Waals surface area (Å²) in [6.45, 7) is 2.11. The molecule has 0 aliphatic carbocycles. The fourth-order valence-electron chi connectivity index (χ4n) is 1.92. The highest BCUT2D eigenvalue weighted by Crippen LogP contribution is 2.22. The quantitative estimate of drug-likeness (QED) is 0.676. The summed E-state index contributed by atoms with van der Waals surface area (Å²) in [6.07, 6.45) is 2.62. The summed E-state index contributed by atoms with van der Waals surface area (Å²) in [5, 5.41) is 12.2. The van der Waals surface area contributed by atoms with Gasteiger partial charge in [-0.05, 0) is 12.5 Å². The largest absolute Gasteiger partial charge is 0.312 e. The van der Waals surface area contributed by atoms with Crippen molar-refractivity contribution in [3.8, 4) is 0 Å². The van der Waals surface area contributed by atoms with E-state index in [-0.39, 0.29) is 0 Å². The predicted octanol–water partition coefficient (Wildman–Crippen LogP) is 3.46. The van der Waals surface area contributed by atoms with Crippen LogP contribution in [0.15, 0.2) is 41.1 Å². The number of thioether (sulfide) groups is 1. The van der Waals surface area contributed by atoms with Crippen LogP contribution in [0.2, 0.25) is 0 Å². The van der Waals surface area contributed by atoms with Gasteiger partial charge in [0.15, 0.2) is 5.16 Å². The zero-order valence-electron chi connectivity index (χ0n) is 12.0. The van der Waals surface area contributed by atoms with Crippen LogP contribution in [0.5, 0.6) is 0 Å². The third-order valence-corrected chi connectivity index (χ3v) is 5.06. The molecule has 108 valence electrons. The highest BCUT2D eigenvalue weighted by molar-refractivity contribution is 7.98. The van der Waals surface area contributed by atoms with Crippen LogP contribution in [0, 0.1) is 6.92 Å². The van der Waals surface area contributed by atoms with E-state index in [2.05, 4.69) is 46.8 Å².